The molecule has 1 heterocycles. The molecular weight excluding hydrogens is 274 g/mol. The monoisotopic (exact) mass is 293 g/mol. The molecule has 0 bridgehead atoms. The number of rotatable bonds is 3. The lowest BCUT2D eigenvalue weighted by molar-refractivity contribution is -0.134. The summed E-state index contributed by atoms with van der Waals surface area (Å²) in [6, 6.07) is 4.00. The molecule has 20 heavy (non-hydrogen) atoms. The smallest absolute Gasteiger partial charge is 0.270 e. The molecule has 0 aliphatic carbocycles. The molecule has 1 amide bonds. The molecule has 1 aliphatic rings. The van der Waals surface area contributed by atoms with Crippen molar-refractivity contribution in [1.82, 2.24) is 10.5 Å². The number of hydrazone groups is 1. The minimum atomic E-state index is -1.20. The molecule has 1 aromatic carbocycles. The van der Waals surface area contributed by atoms with Gasteiger partial charge < -0.3 is 5.21 Å². The SMILES string of the molecule is CSc1c(C)cc(C2=NN(C)C(=O)C2(C)NO)cc1C. The summed E-state index contributed by atoms with van der Waals surface area (Å²) < 4.78 is 0. The second-order valence-corrected chi connectivity index (χ2v) is 5.97. The number of carbonyl (C=O) groups excluding carboxylic acids is 1. The van der Waals surface area contributed by atoms with Gasteiger partial charge in [0.1, 0.15) is 0 Å². The molecule has 6 heteroatoms. The maximum atomic E-state index is 12.1. The van der Waals surface area contributed by atoms with Crippen LogP contribution in [0, 0.1) is 13.8 Å². The quantitative estimate of drug-likeness (QED) is 0.660. The van der Waals surface area contributed by atoms with Crippen LogP contribution in [0.15, 0.2) is 22.1 Å². The lowest BCUT2D eigenvalue weighted by Crippen LogP contribution is -2.53. The van der Waals surface area contributed by atoms with E-state index in [9.17, 15) is 10.0 Å². The van der Waals surface area contributed by atoms with Crippen molar-refractivity contribution in [3.63, 3.8) is 0 Å². The maximum absolute atomic E-state index is 12.1. The van der Waals surface area contributed by atoms with Gasteiger partial charge in [-0.15, -0.1) is 11.8 Å². The summed E-state index contributed by atoms with van der Waals surface area (Å²) in [7, 11) is 1.58. The number of hydrogen-bond donors (Lipinski definition) is 2. The van der Waals surface area contributed by atoms with Crippen LogP contribution in [0.4, 0.5) is 0 Å². The van der Waals surface area contributed by atoms with Crippen molar-refractivity contribution in [3.05, 3.63) is 28.8 Å². The first-order valence-electron chi connectivity index (χ1n) is 6.29. The van der Waals surface area contributed by atoms with Crippen molar-refractivity contribution in [1.29, 1.82) is 0 Å². The molecule has 1 unspecified atom stereocenters. The Morgan fingerprint density at radius 3 is 2.35 bits per heavy atom. The van der Waals surface area contributed by atoms with E-state index in [1.54, 1.807) is 25.7 Å². The Labute approximate surface area is 123 Å². The number of hydroxylamine groups is 1. The average molecular weight is 293 g/mol. The largest absolute Gasteiger partial charge is 0.315 e. The topological polar surface area (TPSA) is 64.9 Å². The van der Waals surface area contributed by atoms with E-state index in [0.717, 1.165) is 16.7 Å². The predicted octanol–water partition coefficient (Wildman–Crippen LogP) is 1.94. The molecule has 2 N–H and O–H groups in total. The van der Waals surface area contributed by atoms with E-state index in [1.165, 1.54) is 9.90 Å². The van der Waals surface area contributed by atoms with Crippen molar-refractivity contribution >= 4 is 23.4 Å². The number of aryl methyl sites for hydroxylation is 2. The molecule has 5 nitrogen and oxygen atoms in total. The number of thioether (sulfide) groups is 1. The van der Waals surface area contributed by atoms with Crippen LogP contribution >= 0.6 is 11.8 Å². The van der Waals surface area contributed by atoms with Crippen LogP contribution in [0.5, 0.6) is 0 Å². The van der Waals surface area contributed by atoms with E-state index in [-0.39, 0.29) is 5.91 Å². The number of nitrogens with zero attached hydrogens (tertiary/aromatic N) is 2. The van der Waals surface area contributed by atoms with Gasteiger partial charge in [0.2, 0.25) is 0 Å². The number of hydrogen-bond acceptors (Lipinski definition) is 5. The fraction of sp³-hybridized carbons (Fsp3) is 0.429. The van der Waals surface area contributed by atoms with Gasteiger partial charge in [0.05, 0.1) is 5.71 Å². The van der Waals surface area contributed by atoms with Crippen LogP contribution in [0.1, 0.15) is 23.6 Å². The highest BCUT2D eigenvalue weighted by molar-refractivity contribution is 7.98. The molecule has 2 rings (SSSR count). The highest BCUT2D eigenvalue weighted by Crippen LogP contribution is 2.29. The average Bonchev–Trinajstić information content (AvgIpc) is 2.63. The van der Waals surface area contributed by atoms with E-state index in [0.29, 0.717) is 5.71 Å². The van der Waals surface area contributed by atoms with Crippen LogP contribution < -0.4 is 5.48 Å². The number of likely N-dealkylation sites (N-methyl/N-ethyl adjacent to an activating group) is 1. The lowest BCUT2D eigenvalue weighted by Gasteiger charge is -2.22. The zero-order valence-corrected chi connectivity index (χ0v) is 13.1. The summed E-state index contributed by atoms with van der Waals surface area (Å²) >= 11 is 1.70. The van der Waals surface area contributed by atoms with Gasteiger partial charge in [0.15, 0.2) is 5.54 Å². The van der Waals surface area contributed by atoms with E-state index in [4.69, 9.17) is 0 Å². The third-order valence-electron chi connectivity index (χ3n) is 3.61. The highest BCUT2D eigenvalue weighted by atomic mass is 32.2. The second-order valence-electron chi connectivity index (χ2n) is 5.16. The van der Waals surface area contributed by atoms with E-state index in [2.05, 4.69) is 10.6 Å². The first-order valence-corrected chi connectivity index (χ1v) is 7.51. The van der Waals surface area contributed by atoms with Gasteiger partial charge in [-0.3, -0.25) is 4.79 Å². The van der Waals surface area contributed by atoms with Gasteiger partial charge in [0.25, 0.3) is 5.91 Å². The van der Waals surface area contributed by atoms with E-state index < -0.39 is 5.54 Å². The predicted molar refractivity (Wildman–Crippen MR) is 80.3 cm³/mol. The zero-order chi connectivity index (χ0) is 15.1. The van der Waals surface area contributed by atoms with Crippen LogP contribution in [0.2, 0.25) is 0 Å². The van der Waals surface area contributed by atoms with Crippen molar-refractivity contribution in [2.75, 3.05) is 13.3 Å². The first-order chi connectivity index (χ1) is 9.35. The van der Waals surface area contributed by atoms with Crippen molar-refractivity contribution in [3.8, 4) is 0 Å². The van der Waals surface area contributed by atoms with Crippen molar-refractivity contribution in [2.24, 2.45) is 5.10 Å². The Balaban J connectivity index is 2.57. The number of benzene rings is 1. The fourth-order valence-electron chi connectivity index (χ4n) is 2.58. The second kappa shape index (κ2) is 5.20. The Bertz CT molecular complexity index is 577. The Kier molecular flexibility index (Phi) is 3.90. The number of carbonyl (C=O) groups is 1. The van der Waals surface area contributed by atoms with Gasteiger partial charge in [-0.25, -0.2) is 5.01 Å². The van der Waals surface area contributed by atoms with Crippen LogP contribution in [0.3, 0.4) is 0 Å². The van der Waals surface area contributed by atoms with Crippen LogP contribution in [0.25, 0.3) is 0 Å². The van der Waals surface area contributed by atoms with Gasteiger partial charge in [-0.2, -0.15) is 10.6 Å². The van der Waals surface area contributed by atoms with E-state index in [1.807, 2.05) is 32.2 Å². The summed E-state index contributed by atoms with van der Waals surface area (Å²) in [5, 5.41) is 14.9. The standard InChI is InChI=1S/C14H19N3O2S/c1-8-6-10(7-9(2)11(8)20-5)12-14(3,16-19)13(18)17(4)15-12/h6-7,16,19H,1-5H3. The molecule has 0 aromatic heterocycles. The van der Waals surface area contributed by atoms with Crippen LogP contribution in [-0.2, 0) is 4.79 Å². The summed E-state index contributed by atoms with van der Waals surface area (Å²) in [5.74, 6) is -0.278. The summed E-state index contributed by atoms with van der Waals surface area (Å²) in [6.07, 6.45) is 2.04. The molecule has 1 aliphatic heterocycles. The third-order valence-corrected chi connectivity index (χ3v) is 4.66. The molecule has 0 fully saturated rings. The summed E-state index contributed by atoms with van der Waals surface area (Å²) in [4.78, 5) is 13.3. The molecule has 0 spiro atoms. The highest BCUT2D eigenvalue weighted by Gasteiger charge is 2.46. The Morgan fingerprint density at radius 1 is 1.35 bits per heavy atom. The number of nitrogens with one attached hydrogen (secondary N) is 1. The number of amides is 1. The third kappa shape index (κ3) is 2.13. The van der Waals surface area contributed by atoms with Gasteiger partial charge in [0, 0.05) is 17.5 Å². The van der Waals surface area contributed by atoms with Crippen molar-refractivity contribution in [2.45, 2.75) is 31.2 Å². The lowest BCUT2D eigenvalue weighted by atomic mass is 9.89. The van der Waals surface area contributed by atoms with E-state index >= 15 is 0 Å². The summed E-state index contributed by atoms with van der Waals surface area (Å²) in [5.41, 5.74) is 4.56. The Morgan fingerprint density at radius 2 is 1.90 bits per heavy atom. The molecular formula is C14H19N3O2S. The molecule has 0 saturated carbocycles. The molecule has 1 aromatic rings. The maximum Gasteiger partial charge on any atom is 0.270 e. The molecule has 0 radical (unpaired) electrons. The van der Waals surface area contributed by atoms with Crippen molar-refractivity contribution < 1.29 is 10.0 Å². The van der Waals surface area contributed by atoms with Gasteiger partial charge in [-0.1, -0.05) is 0 Å². The normalized spacial score (nSPS) is 22.4. The van der Waals surface area contributed by atoms with Gasteiger partial charge >= 0.3 is 0 Å². The summed E-state index contributed by atoms with van der Waals surface area (Å²) in [6.45, 7) is 5.70. The zero-order valence-electron chi connectivity index (χ0n) is 12.3. The molecule has 1 atom stereocenters. The fourth-order valence-corrected chi connectivity index (χ4v) is 3.34. The minimum Gasteiger partial charge on any atom is -0.315 e. The Hall–Kier alpha value is -1.37. The minimum absolute atomic E-state index is 0.278. The molecule has 0 saturated heterocycles. The van der Waals surface area contributed by atoms with Gasteiger partial charge in [-0.05, 0) is 50.3 Å². The van der Waals surface area contributed by atoms with Crippen LogP contribution in [-0.4, -0.2) is 40.7 Å². The molecule has 108 valence electrons. The first kappa shape index (κ1) is 15.0.